The van der Waals surface area contributed by atoms with Crippen LogP contribution in [0.1, 0.15) is 25.0 Å². The summed E-state index contributed by atoms with van der Waals surface area (Å²) >= 11 is 0. The Kier molecular flexibility index (Phi) is 3.56. The molecule has 0 N–H and O–H groups in total. The standard InChI is InChI=1S/C16H14FNO3/c1-2-20-15(19)9-14-11-4-3-7-18-16(11)12-8-10(17)5-6-13(12)21-14/h3-8,14H,2,9H2,1H3. The van der Waals surface area contributed by atoms with Gasteiger partial charge in [-0.15, -0.1) is 0 Å². The Morgan fingerprint density at radius 1 is 1.43 bits per heavy atom. The van der Waals surface area contributed by atoms with Crippen molar-refractivity contribution in [3.8, 4) is 17.0 Å². The summed E-state index contributed by atoms with van der Waals surface area (Å²) < 4.78 is 24.2. The van der Waals surface area contributed by atoms with Crippen molar-refractivity contribution < 1.29 is 18.7 Å². The van der Waals surface area contributed by atoms with Crippen molar-refractivity contribution in [3.63, 3.8) is 0 Å². The van der Waals surface area contributed by atoms with E-state index in [4.69, 9.17) is 9.47 Å². The molecule has 3 rings (SSSR count). The van der Waals surface area contributed by atoms with E-state index in [0.29, 0.717) is 23.6 Å². The maximum Gasteiger partial charge on any atom is 0.309 e. The Balaban J connectivity index is 2.00. The first kappa shape index (κ1) is 13.5. The predicted molar refractivity (Wildman–Crippen MR) is 74.3 cm³/mol. The van der Waals surface area contributed by atoms with E-state index in [1.807, 2.05) is 6.07 Å². The zero-order valence-electron chi connectivity index (χ0n) is 11.5. The number of nitrogens with zero attached hydrogens (tertiary/aromatic N) is 1. The Hall–Kier alpha value is -2.43. The van der Waals surface area contributed by atoms with Crippen LogP contribution in [0.2, 0.25) is 0 Å². The number of ether oxygens (including phenoxy) is 2. The minimum atomic E-state index is -0.467. The number of fused-ring (bicyclic) bond motifs is 3. The number of hydrogen-bond acceptors (Lipinski definition) is 4. The molecule has 1 atom stereocenters. The first-order valence-corrected chi connectivity index (χ1v) is 6.76. The van der Waals surface area contributed by atoms with Crippen LogP contribution in [0.25, 0.3) is 11.3 Å². The number of benzene rings is 1. The molecule has 5 heteroatoms. The van der Waals surface area contributed by atoms with Gasteiger partial charge < -0.3 is 9.47 Å². The van der Waals surface area contributed by atoms with Crippen molar-refractivity contribution in [2.75, 3.05) is 6.61 Å². The fraction of sp³-hybridized carbons (Fsp3) is 0.250. The van der Waals surface area contributed by atoms with Crippen molar-refractivity contribution in [2.24, 2.45) is 0 Å². The van der Waals surface area contributed by atoms with Crippen molar-refractivity contribution in [1.82, 2.24) is 4.98 Å². The number of aromatic nitrogens is 1. The molecule has 21 heavy (non-hydrogen) atoms. The summed E-state index contributed by atoms with van der Waals surface area (Å²) in [5.41, 5.74) is 2.02. The normalized spacial score (nSPS) is 15.6. The fourth-order valence-electron chi connectivity index (χ4n) is 2.43. The maximum absolute atomic E-state index is 13.4. The zero-order chi connectivity index (χ0) is 14.8. The highest BCUT2D eigenvalue weighted by Crippen LogP contribution is 2.42. The quantitative estimate of drug-likeness (QED) is 0.813. The molecule has 1 aromatic heterocycles. The summed E-state index contributed by atoms with van der Waals surface area (Å²) in [5.74, 6) is -0.155. The van der Waals surface area contributed by atoms with Gasteiger partial charge in [-0.1, -0.05) is 6.07 Å². The van der Waals surface area contributed by atoms with Crippen LogP contribution in [0.5, 0.6) is 5.75 Å². The third kappa shape index (κ3) is 2.59. The summed E-state index contributed by atoms with van der Waals surface area (Å²) in [6.07, 6.45) is 1.27. The monoisotopic (exact) mass is 287 g/mol. The van der Waals surface area contributed by atoms with Crippen LogP contribution in [0.3, 0.4) is 0 Å². The molecule has 0 aliphatic carbocycles. The highest BCUT2D eigenvalue weighted by atomic mass is 19.1. The van der Waals surface area contributed by atoms with E-state index in [2.05, 4.69) is 4.98 Å². The molecule has 0 saturated heterocycles. The summed E-state index contributed by atoms with van der Waals surface area (Å²) in [6, 6.07) is 7.88. The maximum atomic E-state index is 13.4. The van der Waals surface area contributed by atoms with Gasteiger partial charge in [-0.05, 0) is 31.2 Å². The van der Waals surface area contributed by atoms with Crippen LogP contribution in [-0.2, 0) is 9.53 Å². The molecule has 2 heterocycles. The first-order chi connectivity index (χ1) is 10.2. The Labute approximate surface area is 121 Å². The average molecular weight is 287 g/mol. The molecule has 2 aromatic rings. The Morgan fingerprint density at radius 2 is 2.29 bits per heavy atom. The van der Waals surface area contributed by atoms with E-state index < -0.39 is 6.10 Å². The van der Waals surface area contributed by atoms with Gasteiger partial charge in [0.2, 0.25) is 0 Å². The van der Waals surface area contributed by atoms with Gasteiger partial charge in [-0.3, -0.25) is 9.78 Å². The SMILES string of the molecule is CCOC(=O)CC1Oc2ccc(F)cc2-c2ncccc21. The molecule has 0 spiro atoms. The van der Waals surface area contributed by atoms with Gasteiger partial charge in [0.15, 0.2) is 0 Å². The average Bonchev–Trinajstić information content (AvgIpc) is 2.48. The lowest BCUT2D eigenvalue weighted by Crippen LogP contribution is -2.19. The predicted octanol–water partition coefficient (Wildman–Crippen LogP) is 3.27. The van der Waals surface area contributed by atoms with Gasteiger partial charge >= 0.3 is 5.97 Å². The molecule has 0 radical (unpaired) electrons. The molecule has 0 amide bonds. The van der Waals surface area contributed by atoms with Crippen LogP contribution in [-0.4, -0.2) is 17.6 Å². The molecule has 1 aromatic carbocycles. The second-order valence-corrected chi connectivity index (χ2v) is 4.70. The summed E-state index contributed by atoms with van der Waals surface area (Å²) in [6.45, 7) is 2.08. The number of carbonyl (C=O) groups excluding carboxylic acids is 1. The Bertz CT molecular complexity index is 687. The van der Waals surface area contributed by atoms with E-state index in [1.165, 1.54) is 12.1 Å². The van der Waals surface area contributed by atoms with Gasteiger partial charge in [0, 0.05) is 17.3 Å². The molecular weight excluding hydrogens is 273 g/mol. The number of halogens is 1. The first-order valence-electron chi connectivity index (χ1n) is 6.76. The van der Waals surface area contributed by atoms with Crippen LogP contribution < -0.4 is 4.74 Å². The molecule has 0 saturated carbocycles. The van der Waals surface area contributed by atoms with Crippen molar-refractivity contribution in [2.45, 2.75) is 19.4 Å². The minimum absolute atomic E-state index is 0.101. The second kappa shape index (κ2) is 5.52. The van der Waals surface area contributed by atoms with Crippen molar-refractivity contribution >= 4 is 5.97 Å². The fourth-order valence-corrected chi connectivity index (χ4v) is 2.43. The molecule has 0 fully saturated rings. The third-order valence-electron chi connectivity index (χ3n) is 3.31. The molecule has 1 aliphatic rings. The van der Waals surface area contributed by atoms with Gasteiger partial charge in [0.05, 0.1) is 18.7 Å². The zero-order valence-corrected chi connectivity index (χ0v) is 11.5. The lowest BCUT2D eigenvalue weighted by atomic mass is 9.96. The van der Waals surface area contributed by atoms with Crippen LogP contribution in [0.15, 0.2) is 36.5 Å². The van der Waals surface area contributed by atoms with E-state index in [9.17, 15) is 9.18 Å². The van der Waals surface area contributed by atoms with Gasteiger partial charge in [0.25, 0.3) is 0 Å². The lowest BCUT2D eigenvalue weighted by molar-refractivity contribution is -0.145. The third-order valence-corrected chi connectivity index (χ3v) is 3.31. The van der Waals surface area contributed by atoms with Gasteiger partial charge in [-0.25, -0.2) is 4.39 Å². The number of pyridine rings is 1. The molecule has 4 nitrogen and oxygen atoms in total. The molecular formula is C16H14FNO3. The number of esters is 1. The summed E-state index contributed by atoms with van der Waals surface area (Å²) in [7, 11) is 0. The lowest BCUT2D eigenvalue weighted by Gasteiger charge is -2.27. The largest absolute Gasteiger partial charge is 0.484 e. The summed E-state index contributed by atoms with van der Waals surface area (Å²) in [5, 5.41) is 0. The minimum Gasteiger partial charge on any atom is -0.484 e. The van der Waals surface area contributed by atoms with E-state index in [-0.39, 0.29) is 18.2 Å². The van der Waals surface area contributed by atoms with Crippen molar-refractivity contribution in [3.05, 3.63) is 47.9 Å². The van der Waals surface area contributed by atoms with Crippen molar-refractivity contribution in [1.29, 1.82) is 0 Å². The van der Waals surface area contributed by atoms with E-state index in [0.717, 1.165) is 5.56 Å². The van der Waals surface area contributed by atoms with Crippen LogP contribution >= 0.6 is 0 Å². The summed E-state index contributed by atoms with van der Waals surface area (Å²) in [4.78, 5) is 16.0. The van der Waals surface area contributed by atoms with Crippen LogP contribution in [0, 0.1) is 5.82 Å². The second-order valence-electron chi connectivity index (χ2n) is 4.70. The highest BCUT2D eigenvalue weighted by molar-refractivity contribution is 5.75. The number of carbonyl (C=O) groups is 1. The van der Waals surface area contributed by atoms with E-state index in [1.54, 1.807) is 25.3 Å². The molecule has 1 unspecified atom stereocenters. The smallest absolute Gasteiger partial charge is 0.309 e. The van der Waals surface area contributed by atoms with Gasteiger partial charge in [-0.2, -0.15) is 0 Å². The highest BCUT2D eigenvalue weighted by Gasteiger charge is 2.29. The molecule has 0 bridgehead atoms. The number of hydrogen-bond donors (Lipinski definition) is 0. The molecule has 108 valence electrons. The Morgan fingerprint density at radius 3 is 3.10 bits per heavy atom. The topological polar surface area (TPSA) is 48.4 Å². The van der Waals surface area contributed by atoms with Crippen LogP contribution in [0.4, 0.5) is 4.39 Å². The number of rotatable bonds is 3. The van der Waals surface area contributed by atoms with Gasteiger partial charge in [0.1, 0.15) is 17.7 Å². The van der Waals surface area contributed by atoms with E-state index >= 15 is 0 Å². The molecule has 1 aliphatic heterocycles.